The van der Waals surface area contributed by atoms with Crippen LogP contribution in [0.1, 0.15) is 25.6 Å². The Kier molecular flexibility index (Phi) is 3.31. The number of fused-ring (bicyclic) bond motifs is 4. The lowest BCUT2D eigenvalue weighted by Gasteiger charge is -2.11. The molecule has 0 radical (unpaired) electrons. The van der Waals surface area contributed by atoms with Crippen LogP contribution in [0.2, 0.25) is 0 Å². The van der Waals surface area contributed by atoms with E-state index in [1.165, 1.54) is 0 Å². The van der Waals surface area contributed by atoms with Gasteiger partial charge in [0.2, 0.25) is 5.58 Å². The smallest absolute Gasteiger partial charge is 0.298 e. The number of nitrogens with zero attached hydrogens (tertiary/aromatic N) is 3. The summed E-state index contributed by atoms with van der Waals surface area (Å²) in [5.41, 5.74) is 1.65. The molecule has 3 heterocycles. The maximum atomic E-state index is 12.7. The van der Waals surface area contributed by atoms with E-state index in [1.54, 1.807) is 4.57 Å². The summed E-state index contributed by atoms with van der Waals surface area (Å²) in [6.07, 6.45) is 2.28. The highest BCUT2D eigenvalue weighted by Crippen LogP contribution is 2.29. The minimum Gasteiger partial charge on any atom is -0.448 e. The van der Waals surface area contributed by atoms with Gasteiger partial charge in [0.15, 0.2) is 0 Å². The second kappa shape index (κ2) is 5.21. The molecule has 114 valence electrons. The van der Waals surface area contributed by atoms with E-state index in [1.807, 2.05) is 18.2 Å². The van der Waals surface area contributed by atoms with Gasteiger partial charge in [-0.2, -0.15) is 0 Å². The largest absolute Gasteiger partial charge is 0.448 e. The number of aromatic nitrogens is 2. The van der Waals surface area contributed by atoms with Gasteiger partial charge in [-0.3, -0.25) is 14.3 Å². The zero-order chi connectivity index (χ0) is 15.3. The van der Waals surface area contributed by atoms with Crippen LogP contribution in [0.4, 0.5) is 0 Å². The first-order chi connectivity index (χ1) is 10.7. The van der Waals surface area contributed by atoms with Crippen LogP contribution in [-0.2, 0) is 13.2 Å². The van der Waals surface area contributed by atoms with Crippen molar-refractivity contribution in [3.8, 4) is 0 Å². The first-order valence-electron chi connectivity index (χ1n) is 7.51. The van der Waals surface area contributed by atoms with Crippen molar-refractivity contribution in [1.82, 2.24) is 14.5 Å². The number of halogens is 1. The summed E-state index contributed by atoms with van der Waals surface area (Å²) in [7, 11) is 0. The molecule has 5 nitrogen and oxygen atoms in total. The molecule has 0 amide bonds. The third kappa shape index (κ3) is 2.09. The lowest BCUT2D eigenvalue weighted by molar-refractivity contribution is 0.251. The van der Waals surface area contributed by atoms with Crippen molar-refractivity contribution in [1.29, 1.82) is 0 Å². The fourth-order valence-corrected chi connectivity index (χ4v) is 3.35. The zero-order valence-corrected chi connectivity index (χ0v) is 13.9. The molecule has 2 aromatic heterocycles. The minimum absolute atomic E-state index is 0.0775. The van der Waals surface area contributed by atoms with Gasteiger partial charge in [0, 0.05) is 16.4 Å². The molecule has 1 aromatic carbocycles. The maximum Gasteiger partial charge on any atom is 0.298 e. The van der Waals surface area contributed by atoms with Crippen LogP contribution < -0.4 is 5.56 Å². The molecular formula is C16H16BrN3O2. The molecule has 0 saturated heterocycles. The van der Waals surface area contributed by atoms with Crippen molar-refractivity contribution in [2.45, 2.75) is 33.0 Å². The second-order valence-electron chi connectivity index (χ2n) is 5.73. The average Bonchev–Trinajstić information content (AvgIpc) is 3.07. The Labute approximate surface area is 135 Å². The quantitative estimate of drug-likeness (QED) is 0.716. The van der Waals surface area contributed by atoms with Gasteiger partial charge in [0.25, 0.3) is 5.56 Å². The third-order valence-electron chi connectivity index (χ3n) is 4.15. The van der Waals surface area contributed by atoms with E-state index >= 15 is 0 Å². The molecule has 1 aliphatic rings. The van der Waals surface area contributed by atoms with Crippen molar-refractivity contribution in [3.63, 3.8) is 0 Å². The average molecular weight is 362 g/mol. The molecule has 6 heteroatoms. The van der Waals surface area contributed by atoms with Gasteiger partial charge in [0.05, 0.1) is 13.2 Å². The molecule has 0 bridgehead atoms. The van der Waals surface area contributed by atoms with Gasteiger partial charge in [-0.15, -0.1) is 0 Å². The Balaban J connectivity index is 1.87. The van der Waals surface area contributed by atoms with E-state index in [-0.39, 0.29) is 5.56 Å². The molecular weight excluding hydrogens is 346 g/mol. The van der Waals surface area contributed by atoms with Gasteiger partial charge >= 0.3 is 0 Å². The summed E-state index contributed by atoms with van der Waals surface area (Å²) in [5.74, 6) is 0.830. The van der Waals surface area contributed by atoms with E-state index < -0.39 is 0 Å². The van der Waals surface area contributed by atoms with Gasteiger partial charge in [-0.05, 0) is 24.6 Å². The zero-order valence-electron chi connectivity index (χ0n) is 12.3. The fraction of sp³-hybridized carbons (Fsp3) is 0.375. The van der Waals surface area contributed by atoms with E-state index in [0.29, 0.717) is 23.4 Å². The fourth-order valence-electron chi connectivity index (χ4n) is 2.99. The highest BCUT2D eigenvalue weighted by molar-refractivity contribution is 9.10. The molecule has 0 saturated carbocycles. The van der Waals surface area contributed by atoms with Crippen LogP contribution in [0, 0.1) is 0 Å². The number of furan rings is 1. The van der Waals surface area contributed by atoms with E-state index in [4.69, 9.17) is 9.40 Å². The first-order valence-corrected chi connectivity index (χ1v) is 8.30. The predicted molar refractivity (Wildman–Crippen MR) is 88.8 cm³/mol. The standard InChI is InChI=1S/C16H16BrN3O2/c1-2-3-6-19-8-13-18-14-11-7-10(17)4-5-12(11)22-15(14)16(21)20(13)9-19/h4-5,7H,2-3,6,8-9H2,1H3. The van der Waals surface area contributed by atoms with Gasteiger partial charge < -0.3 is 4.42 Å². The van der Waals surface area contributed by atoms with Crippen LogP contribution in [0.25, 0.3) is 22.1 Å². The maximum absolute atomic E-state index is 12.7. The lowest BCUT2D eigenvalue weighted by atomic mass is 10.2. The molecule has 0 aliphatic carbocycles. The normalized spacial score (nSPS) is 15.0. The summed E-state index contributed by atoms with van der Waals surface area (Å²) in [4.78, 5) is 19.7. The van der Waals surface area contributed by atoms with E-state index in [2.05, 4.69) is 27.8 Å². The number of hydrogen-bond donors (Lipinski definition) is 0. The summed E-state index contributed by atoms with van der Waals surface area (Å²) < 4.78 is 8.43. The van der Waals surface area contributed by atoms with Crippen molar-refractivity contribution in [3.05, 3.63) is 38.9 Å². The highest BCUT2D eigenvalue weighted by Gasteiger charge is 2.24. The molecule has 22 heavy (non-hydrogen) atoms. The van der Waals surface area contributed by atoms with Crippen LogP contribution >= 0.6 is 15.9 Å². The summed E-state index contributed by atoms with van der Waals surface area (Å²) in [5, 5.41) is 0.886. The Morgan fingerprint density at radius 3 is 3.09 bits per heavy atom. The molecule has 0 fully saturated rings. The summed E-state index contributed by atoms with van der Waals surface area (Å²) in [6.45, 7) is 4.50. The molecule has 0 spiro atoms. The summed E-state index contributed by atoms with van der Waals surface area (Å²) >= 11 is 3.46. The first kappa shape index (κ1) is 14.0. The van der Waals surface area contributed by atoms with E-state index in [9.17, 15) is 4.79 Å². The Hall–Kier alpha value is -1.66. The monoisotopic (exact) mass is 361 g/mol. The van der Waals surface area contributed by atoms with Crippen LogP contribution in [-0.4, -0.2) is 21.0 Å². The van der Waals surface area contributed by atoms with Crippen LogP contribution in [0.3, 0.4) is 0 Å². The van der Waals surface area contributed by atoms with Crippen molar-refractivity contribution < 1.29 is 4.42 Å². The van der Waals surface area contributed by atoms with Gasteiger partial charge in [0.1, 0.15) is 16.9 Å². The predicted octanol–water partition coefficient (Wildman–Crippen LogP) is 3.48. The number of unbranched alkanes of at least 4 members (excludes halogenated alkanes) is 1. The molecule has 0 atom stereocenters. The topological polar surface area (TPSA) is 51.3 Å². The Bertz CT molecular complexity index is 928. The van der Waals surface area contributed by atoms with E-state index in [0.717, 1.165) is 41.6 Å². The Morgan fingerprint density at radius 1 is 1.41 bits per heavy atom. The van der Waals surface area contributed by atoms with Crippen molar-refractivity contribution in [2.24, 2.45) is 0 Å². The van der Waals surface area contributed by atoms with Crippen molar-refractivity contribution in [2.75, 3.05) is 6.54 Å². The van der Waals surface area contributed by atoms with Crippen LogP contribution in [0.15, 0.2) is 31.9 Å². The number of rotatable bonds is 3. The van der Waals surface area contributed by atoms with Crippen LogP contribution in [0.5, 0.6) is 0 Å². The molecule has 4 rings (SSSR count). The molecule has 0 unspecified atom stereocenters. The van der Waals surface area contributed by atoms with Gasteiger partial charge in [-0.25, -0.2) is 4.98 Å². The number of hydrogen-bond acceptors (Lipinski definition) is 4. The molecule has 0 N–H and O–H groups in total. The molecule has 1 aliphatic heterocycles. The SMILES string of the molecule is CCCCN1Cc2nc3c(oc4ccc(Br)cc43)c(=O)n2C1. The second-order valence-corrected chi connectivity index (χ2v) is 6.64. The van der Waals surface area contributed by atoms with Gasteiger partial charge in [-0.1, -0.05) is 29.3 Å². The molecule has 3 aromatic rings. The number of benzene rings is 1. The summed E-state index contributed by atoms with van der Waals surface area (Å²) in [6, 6.07) is 5.72. The van der Waals surface area contributed by atoms with Crippen molar-refractivity contribution >= 4 is 38.0 Å². The lowest BCUT2D eigenvalue weighted by Crippen LogP contribution is -2.24. The highest BCUT2D eigenvalue weighted by atomic mass is 79.9. The Morgan fingerprint density at radius 2 is 2.27 bits per heavy atom. The third-order valence-corrected chi connectivity index (χ3v) is 4.64. The minimum atomic E-state index is -0.0775.